The molecule has 1 N–H and O–H groups in total. The Morgan fingerprint density at radius 1 is 1.11 bits per heavy atom. The Kier molecular flexibility index (Phi) is 2.70. The summed E-state index contributed by atoms with van der Waals surface area (Å²) >= 11 is 0. The Morgan fingerprint density at radius 2 is 1.89 bits per heavy atom. The van der Waals surface area contributed by atoms with E-state index in [9.17, 15) is 5.26 Å². The largest absolute Gasteiger partial charge is 0.497 e. The van der Waals surface area contributed by atoms with Crippen LogP contribution in [0.15, 0.2) is 48.5 Å². The van der Waals surface area contributed by atoms with E-state index in [-0.39, 0.29) is 0 Å². The lowest BCUT2D eigenvalue weighted by molar-refractivity contribution is 0.415. The second-order valence-corrected chi connectivity index (χ2v) is 4.26. The zero-order chi connectivity index (χ0) is 13.2. The highest BCUT2D eigenvalue weighted by Gasteiger charge is 2.12. The normalized spacial score (nSPS) is 10.3. The third kappa shape index (κ3) is 1.84. The Hall–Kier alpha value is -2.73. The number of H-pyrrole nitrogens is 1. The van der Waals surface area contributed by atoms with Gasteiger partial charge >= 0.3 is 0 Å². The van der Waals surface area contributed by atoms with Crippen LogP contribution in [0.25, 0.3) is 22.2 Å². The van der Waals surface area contributed by atoms with Gasteiger partial charge in [-0.05, 0) is 17.7 Å². The summed E-state index contributed by atoms with van der Waals surface area (Å²) in [6.07, 6.45) is 0. The second-order valence-electron chi connectivity index (χ2n) is 4.26. The van der Waals surface area contributed by atoms with Crippen molar-refractivity contribution in [3.8, 4) is 23.1 Å². The predicted molar refractivity (Wildman–Crippen MR) is 75.0 cm³/mol. The molecule has 0 amide bonds. The lowest BCUT2D eigenvalue weighted by Crippen LogP contribution is -1.81. The number of ether oxygens (including phenoxy) is 1. The fourth-order valence-corrected chi connectivity index (χ4v) is 2.24. The number of rotatable bonds is 2. The molecule has 0 aliphatic carbocycles. The third-order valence-corrected chi connectivity index (χ3v) is 3.18. The summed E-state index contributed by atoms with van der Waals surface area (Å²) in [5.74, 6) is 0.776. The van der Waals surface area contributed by atoms with Crippen LogP contribution in [0.4, 0.5) is 0 Å². The summed E-state index contributed by atoms with van der Waals surface area (Å²) in [6.45, 7) is 0. The van der Waals surface area contributed by atoms with Crippen molar-refractivity contribution in [3.05, 3.63) is 54.1 Å². The van der Waals surface area contributed by atoms with Crippen molar-refractivity contribution in [2.75, 3.05) is 7.11 Å². The van der Waals surface area contributed by atoms with E-state index < -0.39 is 0 Å². The smallest absolute Gasteiger partial charge is 0.120 e. The monoisotopic (exact) mass is 248 g/mol. The molecule has 0 aliphatic heterocycles. The molecule has 3 aromatic rings. The van der Waals surface area contributed by atoms with Crippen LogP contribution in [0.1, 0.15) is 5.56 Å². The van der Waals surface area contributed by atoms with Crippen molar-refractivity contribution in [3.63, 3.8) is 0 Å². The lowest BCUT2D eigenvalue weighted by atomic mass is 10.1. The fourth-order valence-electron chi connectivity index (χ4n) is 2.24. The molecule has 0 fully saturated rings. The Balaban J connectivity index is 2.29. The molecule has 0 unspecified atom stereocenters. The first-order valence-corrected chi connectivity index (χ1v) is 5.98. The number of methoxy groups -OCH3 is 1. The first-order chi connectivity index (χ1) is 9.33. The van der Waals surface area contributed by atoms with Gasteiger partial charge in [-0.25, -0.2) is 0 Å². The van der Waals surface area contributed by atoms with Crippen LogP contribution in [0.2, 0.25) is 0 Å². The van der Waals surface area contributed by atoms with Gasteiger partial charge in [0, 0.05) is 11.5 Å². The first-order valence-electron chi connectivity index (χ1n) is 5.98. The maximum atomic E-state index is 9.39. The number of hydrogen-bond donors (Lipinski definition) is 1. The molecule has 0 radical (unpaired) electrons. The fraction of sp³-hybridized carbons (Fsp3) is 0.0625. The van der Waals surface area contributed by atoms with Gasteiger partial charge in [0.2, 0.25) is 0 Å². The van der Waals surface area contributed by atoms with Gasteiger partial charge in [-0.15, -0.1) is 0 Å². The molecule has 2 aromatic carbocycles. The van der Waals surface area contributed by atoms with E-state index in [0.29, 0.717) is 5.56 Å². The number of benzene rings is 2. The Morgan fingerprint density at radius 3 is 2.58 bits per heavy atom. The quantitative estimate of drug-likeness (QED) is 0.751. The highest BCUT2D eigenvalue weighted by Crippen LogP contribution is 2.31. The maximum Gasteiger partial charge on any atom is 0.120 e. The van der Waals surface area contributed by atoms with Gasteiger partial charge in [0.15, 0.2) is 0 Å². The molecule has 0 saturated heterocycles. The number of nitrogens with zero attached hydrogens (tertiary/aromatic N) is 1. The van der Waals surface area contributed by atoms with Crippen molar-refractivity contribution in [1.29, 1.82) is 5.26 Å². The van der Waals surface area contributed by atoms with Gasteiger partial charge in [-0.2, -0.15) is 5.26 Å². The summed E-state index contributed by atoms with van der Waals surface area (Å²) in [6, 6.07) is 17.8. The van der Waals surface area contributed by atoms with Gasteiger partial charge in [-0.3, -0.25) is 0 Å². The number of aromatic amines is 1. The molecule has 1 heterocycles. The summed E-state index contributed by atoms with van der Waals surface area (Å²) < 4.78 is 5.21. The van der Waals surface area contributed by atoms with Gasteiger partial charge in [-0.1, -0.05) is 30.3 Å². The number of hydrogen-bond acceptors (Lipinski definition) is 2. The zero-order valence-corrected chi connectivity index (χ0v) is 10.5. The van der Waals surface area contributed by atoms with E-state index in [4.69, 9.17) is 4.74 Å². The van der Waals surface area contributed by atoms with E-state index in [1.54, 1.807) is 7.11 Å². The van der Waals surface area contributed by atoms with E-state index in [0.717, 1.165) is 27.9 Å². The molecule has 19 heavy (non-hydrogen) atoms. The van der Waals surface area contributed by atoms with Crippen LogP contribution < -0.4 is 4.74 Å². The van der Waals surface area contributed by atoms with E-state index in [1.165, 1.54) is 0 Å². The summed E-state index contributed by atoms with van der Waals surface area (Å²) in [5, 5.41) is 10.3. The minimum absolute atomic E-state index is 0.670. The van der Waals surface area contributed by atoms with Gasteiger partial charge in [0.1, 0.15) is 11.8 Å². The highest BCUT2D eigenvalue weighted by molar-refractivity contribution is 5.94. The molecule has 92 valence electrons. The first kappa shape index (κ1) is 11.4. The minimum Gasteiger partial charge on any atom is -0.497 e. The van der Waals surface area contributed by atoms with Crippen LogP contribution in [0.5, 0.6) is 5.75 Å². The Bertz CT molecular complexity index is 767. The van der Waals surface area contributed by atoms with Crippen molar-refractivity contribution in [2.45, 2.75) is 0 Å². The average Bonchev–Trinajstić information content (AvgIpc) is 2.85. The van der Waals surface area contributed by atoms with Crippen molar-refractivity contribution < 1.29 is 4.74 Å². The molecule has 0 spiro atoms. The standard InChI is InChI=1S/C16H12N2O/c1-19-12-7-8-13-14(10-17)16(18-15(13)9-12)11-5-3-2-4-6-11/h2-9,18H,1H3. The zero-order valence-electron chi connectivity index (χ0n) is 10.5. The molecule has 0 bridgehead atoms. The van der Waals surface area contributed by atoms with Gasteiger partial charge in [0.05, 0.1) is 23.9 Å². The lowest BCUT2D eigenvalue weighted by Gasteiger charge is -1.97. The molecule has 0 atom stereocenters. The van der Waals surface area contributed by atoms with Crippen LogP contribution in [-0.2, 0) is 0 Å². The van der Waals surface area contributed by atoms with Crippen molar-refractivity contribution in [2.24, 2.45) is 0 Å². The van der Waals surface area contributed by atoms with E-state index in [2.05, 4.69) is 11.1 Å². The van der Waals surface area contributed by atoms with E-state index >= 15 is 0 Å². The minimum atomic E-state index is 0.670. The highest BCUT2D eigenvalue weighted by atomic mass is 16.5. The van der Waals surface area contributed by atoms with Gasteiger partial charge in [0.25, 0.3) is 0 Å². The van der Waals surface area contributed by atoms with Crippen LogP contribution in [0, 0.1) is 11.3 Å². The van der Waals surface area contributed by atoms with Crippen LogP contribution in [-0.4, -0.2) is 12.1 Å². The molecular weight excluding hydrogens is 236 g/mol. The van der Waals surface area contributed by atoms with Crippen LogP contribution >= 0.6 is 0 Å². The topological polar surface area (TPSA) is 48.8 Å². The number of fused-ring (bicyclic) bond motifs is 1. The van der Waals surface area contributed by atoms with Crippen molar-refractivity contribution in [1.82, 2.24) is 4.98 Å². The number of aromatic nitrogens is 1. The molecule has 1 aromatic heterocycles. The second kappa shape index (κ2) is 4.51. The van der Waals surface area contributed by atoms with E-state index in [1.807, 2.05) is 48.5 Å². The summed E-state index contributed by atoms with van der Waals surface area (Å²) in [4.78, 5) is 3.30. The average molecular weight is 248 g/mol. The molecule has 0 aliphatic rings. The maximum absolute atomic E-state index is 9.39. The SMILES string of the molecule is COc1ccc2c(C#N)c(-c3ccccc3)[nH]c2c1. The molecule has 0 saturated carbocycles. The summed E-state index contributed by atoms with van der Waals surface area (Å²) in [5.41, 5.74) is 3.44. The molecule has 3 nitrogen and oxygen atoms in total. The Labute approximate surface area is 111 Å². The van der Waals surface area contributed by atoms with Gasteiger partial charge < -0.3 is 9.72 Å². The van der Waals surface area contributed by atoms with Crippen molar-refractivity contribution >= 4 is 10.9 Å². The number of nitriles is 1. The molecular formula is C16H12N2O. The molecule has 3 rings (SSSR count). The van der Waals surface area contributed by atoms with Crippen LogP contribution in [0.3, 0.4) is 0 Å². The molecule has 3 heteroatoms. The summed E-state index contributed by atoms with van der Waals surface area (Å²) in [7, 11) is 1.63. The predicted octanol–water partition coefficient (Wildman–Crippen LogP) is 3.72. The third-order valence-electron chi connectivity index (χ3n) is 3.18. The number of nitrogens with one attached hydrogen (secondary N) is 1.